The quantitative estimate of drug-likeness (QED) is 0.633. The van der Waals surface area contributed by atoms with E-state index in [1.54, 1.807) is 0 Å². The molecular weight excluding hydrogens is 376 g/mol. The van der Waals surface area contributed by atoms with E-state index in [0.717, 1.165) is 54.8 Å². The van der Waals surface area contributed by atoms with Gasteiger partial charge < -0.3 is 5.11 Å². The summed E-state index contributed by atoms with van der Waals surface area (Å²) in [5, 5.41) is 11.1. The molecule has 4 saturated carbocycles. The van der Waals surface area contributed by atoms with Crippen LogP contribution in [0.4, 0.5) is 0 Å². The number of fused-ring (bicyclic) bond motifs is 5. The van der Waals surface area contributed by atoms with Crippen LogP contribution in [0.15, 0.2) is 0 Å². The second-order valence-corrected chi connectivity index (χ2v) is 11.0. The Kier molecular flexibility index (Phi) is 4.68. The van der Waals surface area contributed by atoms with Gasteiger partial charge in [0.1, 0.15) is 5.78 Å². The van der Waals surface area contributed by atoms with E-state index in [2.05, 4.69) is 29.8 Å². The smallest absolute Gasteiger partial charge is 0.147 e. The molecule has 9 atom stereocenters. The minimum absolute atomic E-state index is 0.249. The van der Waals surface area contributed by atoms with E-state index in [4.69, 9.17) is 0 Å². The summed E-state index contributed by atoms with van der Waals surface area (Å²) in [5.41, 5.74) is -0.190. The van der Waals surface area contributed by atoms with Crippen molar-refractivity contribution in [2.75, 3.05) is 5.33 Å². The third-order valence-electron chi connectivity index (χ3n) is 9.18. The first-order valence-corrected chi connectivity index (χ1v) is 11.7. The van der Waals surface area contributed by atoms with Crippen LogP contribution in [0, 0.1) is 46.8 Å². The van der Waals surface area contributed by atoms with Crippen molar-refractivity contribution in [3.05, 3.63) is 0 Å². The van der Waals surface area contributed by atoms with E-state index in [1.165, 1.54) is 32.1 Å². The van der Waals surface area contributed by atoms with Crippen molar-refractivity contribution in [1.29, 1.82) is 0 Å². The van der Waals surface area contributed by atoms with Gasteiger partial charge in [-0.2, -0.15) is 0 Å². The maximum absolute atomic E-state index is 12.5. The van der Waals surface area contributed by atoms with Gasteiger partial charge in [0.15, 0.2) is 0 Å². The third-order valence-corrected chi connectivity index (χ3v) is 9.73. The topological polar surface area (TPSA) is 37.3 Å². The molecule has 4 aliphatic carbocycles. The molecule has 0 aliphatic heterocycles. The van der Waals surface area contributed by atoms with Crippen molar-refractivity contribution in [2.24, 2.45) is 46.8 Å². The molecule has 4 aliphatic rings. The Bertz CT molecular complexity index is 544. The molecule has 25 heavy (non-hydrogen) atoms. The molecule has 3 heteroatoms. The van der Waals surface area contributed by atoms with Crippen LogP contribution in [-0.4, -0.2) is 21.8 Å². The van der Waals surface area contributed by atoms with Crippen LogP contribution in [-0.2, 0) is 4.79 Å². The monoisotopic (exact) mass is 410 g/mol. The summed E-state index contributed by atoms with van der Waals surface area (Å²) in [6, 6.07) is 0. The fourth-order valence-electron chi connectivity index (χ4n) is 8.02. The maximum Gasteiger partial charge on any atom is 0.147 e. The van der Waals surface area contributed by atoms with Crippen molar-refractivity contribution < 1.29 is 9.90 Å². The van der Waals surface area contributed by atoms with Crippen molar-refractivity contribution in [2.45, 2.75) is 77.7 Å². The van der Waals surface area contributed by atoms with Crippen molar-refractivity contribution >= 4 is 21.7 Å². The lowest BCUT2D eigenvalue weighted by Gasteiger charge is -2.58. The zero-order valence-electron chi connectivity index (χ0n) is 16.1. The van der Waals surface area contributed by atoms with Gasteiger partial charge in [0.25, 0.3) is 0 Å². The van der Waals surface area contributed by atoms with E-state index in [1.807, 2.05) is 6.92 Å². The van der Waals surface area contributed by atoms with Crippen LogP contribution < -0.4 is 0 Å². The lowest BCUT2D eigenvalue weighted by atomic mass is 9.47. The van der Waals surface area contributed by atoms with Gasteiger partial charge in [-0.25, -0.2) is 0 Å². The van der Waals surface area contributed by atoms with Gasteiger partial charge in [-0.15, -0.1) is 0 Å². The Morgan fingerprint density at radius 3 is 2.44 bits per heavy atom. The van der Waals surface area contributed by atoms with Crippen molar-refractivity contribution in [3.8, 4) is 0 Å². The molecule has 1 N–H and O–H groups in total. The number of alkyl halides is 1. The molecule has 0 spiro atoms. The first-order chi connectivity index (χ1) is 11.8. The summed E-state index contributed by atoms with van der Waals surface area (Å²) < 4.78 is 0. The lowest BCUT2D eigenvalue weighted by Crippen LogP contribution is -2.53. The molecule has 2 nitrogen and oxygen atoms in total. The highest BCUT2D eigenvalue weighted by Gasteiger charge is 2.59. The molecule has 142 valence electrons. The minimum atomic E-state index is -0.438. The predicted molar refractivity (Wildman–Crippen MR) is 105 cm³/mol. The summed E-state index contributed by atoms with van der Waals surface area (Å²) in [7, 11) is 0. The highest BCUT2D eigenvalue weighted by atomic mass is 79.9. The van der Waals surface area contributed by atoms with E-state index < -0.39 is 5.60 Å². The van der Waals surface area contributed by atoms with Crippen LogP contribution in [0.5, 0.6) is 0 Å². The molecule has 0 amide bonds. The average Bonchev–Trinajstić information content (AvgIpc) is 2.91. The van der Waals surface area contributed by atoms with E-state index in [9.17, 15) is 9.90 Å². The predicted octanol–water partition coefficient (Wildman–Crippen LogP) is 5.22. The van der Waals surface area contributed by atoms with E-state index in [-0.39, 0.29) is 11.3 Å². The largest absolute Gasteiger partial charge is 0.390 e. The highest BCUT2D eigenvalue weighted by Crippen LogP contribution is 2.65. The molecule has 0 saturated heterocycles. The molecule has 0 unspecified atom stereocenters. The third kappa shape index (κ3) is 2.87. The maximum atomic E-state index is 12.5. The van der Waals surface area contributed by atoms with Crippen molar-refractivity contribution in [1.82, 2.24) is 0 Å². The Morgan fingerprint density at radius 2 is 1.72 bits per heavy atom. The SMILES string of the molecule is C[C@@H]1C[C@@H]2[C@H](CC[C@]3(C)[C@@H](C(=O)CBr)CC[C@@H]23)[C@H]2CC[C@@](C)(O)C[C@@H]21. The van der Waals surface area contributed by atoms with Crippen LogP contribution in [0.2, 0.25) is 0 Å². The van der Waals surface area contributed by atoms with Crippen LogP contribution in [0.1, 0.15) is 72.1 Å². The van der Waals surface area contributed by atoms with Crippen LogP contribution >= 0.6 is 15.9 Å². The number of carbonyl (C=O) groups excluding carboxylic acids is 1. The molecule has 4 fully saturated rings. The van der Waals surface area contributed by atoms with Gasteiger partial charge in [0, 0.05) is 5.92 Å². The Balaban J connectivity index is 1.58. The second kappa shape index (κ2) is 6.33. The lowest BCUT2D eigenvalue weighted by molar-refractivity contribution is -0.134. The van der Waals surface area contributed by atoms with Crippen LogP contribution in [0.25, 0.3) is 0 Å². The zero-order valence-corrected chi connectivity index (χ0v) is 17.7. The Morgan fingerprint density at radius 1 is 1.04 bits per heavy atom. The molecule has 0 radical (unpaired) electrons. The number of hydrogen-bond acceptors (Lipinski definition) is 2. The first kappa shape index (κ1) is 18.5. The summed E-state index contributed by atoms with van der Waals surface area (Å²) in [5.74, 6) is 5.44. The average molecular weight is 411 g/mol. The van der Waals surface area contributed by atoms with Gasteiger partial charge in [0.2, 0.25) is 0 Å². The number of rotatable bonds is 2. The first-order valence-electron chi connectivity index (χ1n) is 10.6. The number of Topliss-reactive ketones (excluding diaryl/α,β-unsaturated/α-hetero) is 1. The van der Waals surface area contributed by atoms with Gasteiger partial charge in [-0.05, 0) is 99.2 Å². The normalized spacial score (nSPS) is 55.2. The molecule has 0 aromatic rings. The van der Waals surface area contributed by atoms with Gasteiger partial charge >= 0.3 is 0 Å². The number of carbonyl (C=O) groups is 1. The molecular formula is C22H35BrO2. The number of ketones is 1. The standard InChI is InChI=1S/C22H35BrO2/c1-13-10-16-14(15-6-8-21(2,25)11-17(13)15)7-9-22(3)18(16)4-5-19(22)20(24)12-23/h13-19,25H,4-12H2,1-3H3/t13-,14-,15-,16-,17-,18+,19-,21-,22+/m1/s1. The molecule has 0 aromatic carbocycles. The highest BCUT2D eigenvalue weighted by molar-refractivity contribution is 9.09. The summed E-state index contributed by atoms with van der Waals surface area (Å²) >= 11 is 3.43. The van der Waals surface area contributed by atoms with Crippen LogP contribution in [0.3, 0.4) is 0 Å². The van der Waals surface area contributed by atoms with Crippen molar-refractivity contribution in [3.63, 3.8) is 0 Å². The van der Waals surface area contributed by atoms with Gasteiger partial charge in [-0.3, -0.25) is 4.79 Å². The number of hydrogen-bond donors (Lipinski definition) is 1. The fraction of sp³-hybridized carbons (Fsp3) is 0.955. The number of aliphatic hydroxyl groups is 1. The summed E-state index contributed by atoms with van der Waals surface area (Å²) in [4.78, 5) is 12.5. The number of halogens is 1. The molecule has 0 bridgehead atoms. The second-order valence-electron chi connectivity index (χ2n) is 10.5. The van der Waals surface area contributed by atoms with E-state index in [0.29, 0.717) is 11.1 Å². The van der Waals surface area contributed by atoms with Gasteiger partial charge in [0.05, 0.1) is 10.9 Å². The zero-order chi connectivity index (χ0) is 18.0. The minimum Gasteiger partial charge on any atom is -0.390 e. The Labute approximate surface area is 161 Å². The summed E-state index contributed by atoms with van der Waals surface area (Å²) in [6.45, 7) is 6.93. The fourth-order valence-corrected chi connectivity index (χ4v) is 8.41. The Hall–Kier alpha value is 0.110. The van der Waals surface area contributed by atoms with Gasteiger partial charge in [-0.1, -0.05) is 29.8 Å². The summed E-state index contributed by atoms with van der Waals surface area (Å²) in [6.07, 6.45) is 9.49. The molecule has 0 aromatic heterocycles. The molecule has 4 rings (SSSR count). The van der Waals surface area contributed by atoms with E-state index >= 15 is 0 Å². The molecule has 0 heterocycles.